The van der Waals surface area contributed by atoms with E-state index >= 15 is 0 Å². The molecule has 0 saturated heterocycles. The molecule has 1 aromatic carbocycles. The van der Waals surface area contributed by atoms with Crippen LogP contribution in [0.25, 0.3) is 5.57 Å². The third kappa shape index (κ3) is 4.24. The Morgan fingerprint density at radius 3 is 2.78 bits per heavy atom. The zero-order chi connectivity index (χ0) is 13.5. The predicted molar refractivity (Wildman–Crippen MR) is 72.9 cm³/mol. The Labute approximate surface area is 108 Å². The number of carboxylic acid groups (broad SMARTS) is 1. The van der Waals surface area contributed by atoms with Crippen molar-refractivity contribution in [3.63, 3.8) is 0 Å². The second-order valence-electron chi connectivity index (χ2n) is 4.33. The molecular formula is C15H20O3. The minimum absolute atomic E-state index is 0.0347. The summed E-state index contributed by atoms with van der Waals surface area (Å²) >= 11 is 0. The van der Waals surface area contributed by atoms with E-state index in [0.29, 0.717) is 6.61 Å². The van der Waals surface area contributed by atoms with Crippen LogP contribution < -0.4 is 4.74 Å². The van der Waals surface area contributed by atoms with Crippen molar-refractivity contribution < 1.29 is 14.6 Å². The van der Waals surface area contributed by atoms with Crippen LogP contribution in [0.15, 0.2) is 24.3 Å². The van der Waals surface area contributed by atoms with Gasteiger partial charge in [0.05, 0.1) is 13.0 Å². The van der Waals surface area contributed by atoms with E-state index in [0.717, 1.165) is 28.9 Å². The van der Waals surface area contributed by atoms with Gasteiger partial charge in [0.1, 0.15) is 5.75 Å². The van der Waals surface area contributed by atoms with Gasteiger partial charge in [0.25, 0.3) is 0 Å². The molecule has 0 bridgehead atoms. The Hall–Kier alpha value is -1.77. The first-order valence-corrected chi connectivity index (χ1v) is 6.17. The van der Waals surface area contributed by atoms with Gasteiger partial charge in [-0.2, -0.15) is 0 Å². The van der Waals surface area contributed by atoms with Crippen LogP contribution in [-0.4, -0.2) is 17.7 Å². The van der Waals surface area contributed by atoms with Crippen LogP contribution in [0.3, 0.4) is 0 Å². The first-order valence-electron chi connectivity index (χ1n) is 6.17. The molecule has 0 saturated carbocycles. The number of aryl methyl sites for hydroxylation is 1. The van der Waals surface area contributed by atoms with Crippen LogP contribution >= 0.6 is 0 Å². The van der Waals surface area contributed by atoms with Crippen LogP contribution in [-0.2, 0) is 4.79 Å². The first-order chi connectivity index (χ1) is 8.54. The Kier molecular flexibility index (Phi) is 5.43. The SMILES string of the molecule is CCCOc1ccc(C)cc1/C(C)=C/CC(=O)O. The third-order valence-corrected chi connectivity index (χ3v) is 2.60. The van der Waals surface area contributed by atoms with Gasteiger partial charge in [0.2, 0.25) is 0 Å². The smallest absolute Gasteiger partial charge is 0.307 e. The fourth-order valence-corrected chi connectivity index (χ4v) is 1.64. The van der Waals surface area contributed by atoms with Gasteiger partial charge < -0.3 is 9.84 Å². The predicted octanol–water partition coefficient (Wildman–Crippen LogP) is 3.66. The van der Waals surface area contributed by atoms with Crippen molar-refractivity contribution in [2.45, 2.75) is 33.6 Å². The average molecular weight is 248 g/mol. The van der Waals surface area contributed by atoms with Crippen LogP contribution in [0.4, 0.5) is 0 Å². The summed E-state index contributed by atoms with van der Waals surface area (Å²) in [5.41, 5.74) is 3.05. The zero-order valence-corrected chi connectivity index (χ0v) is 11.2. The minimum atomic E-state index is -0.821. The summed E-state index contributed by atoms with van der Waals surface area (Å²) in [6.45, 7) is 6.65. The summed E-state index contributed by atoms with van der Waals surface area (Å²) in [4.78, 5) is 10.6. The van der Waals surface area contributed by atoms with Gasteiger partial charge in [0, 0.05) is 5.56 Å². The van der Waals surface area contributed by atoms with Crippen molar-refractivity contribution in [1.29, 1.82) is 0 Å². The molecule has 3 nitrogen and oxygen atoms in total. The molecule has 1 N–H and O–H groups in total. The van der Waals surface area contributed by atoms with E-state index in [1.54, 1.807) is 6.08 Å². The summed E-state index contributed by atoms with van der Waals surface area (Å²) in [6, 6.07) is 5.97. The molecule has 0 aliphatic heterocycles. The third-order valence-electron chi connectivity index (χ3n) is 2.60. The summed E-state index contributed by atoms with van der Waals surface area (Å²) in [7, 11) is 0. The molecule has 0 aromatic heterocycles. The molecule has 98 valence electrons. The highest BCUT2D eigenvalue weighted by Gasteiger charge is 2.06. The number of carbonyl (C=O) groups is 1. The maximum absolute atomic E-state index is 10.6. The number of benzene rings is 1. The minimum Gasteiger partial charge on any atom is -0.493 e. The van der Waals surface area contributed by atoms with Crippen LogP contribution in [0, 0.1) is 6.92 Å². The standard InChI is InChI=1S/C15H20O3/c1-4-9-18-14-7-5-11(2)10-13(14)12(3)6-8-15(16)17/h5-7,10H,4,8-9H2,1-3H3,(H,16,17)/b12-6+. The van der Waals surface area contributed by atoms with E-state index in [1.165, 1.54) is 0 Å². The molecule has 0 radical (unpaired) electrons. The first kappa shape index (κ1) is 14.3. The van der Waals surface area contributed by atoms with E-state index in [-0.39, 0.29) is 6.42 Å². The molecule has 0 atom stereocenters. The van der Waals surface area contributed by atoms with E-state index in [9.17, 15) is 4.79 Å². The van der Waals surface area contributed by atoms with Crippen LogP contribution in [0.2, 0.25) is 0 Å². The molecule has 0 unspecified atom stereocenters. The number of rotatable bonds is 6. The lowest BCUT2D eigenvalue weighted by atomic mass is 10.0. The molecule has 1 aromatic rings. The highest BCUT2D eigenvalue weighted by Crippen LogP contribution is 2.27. The number of carboxylic acids is 1. The number of ether oxygens (including phenoxy) is 1. The average Bonchev–Trinajstić information content (AvgIpc) is 2.34. The van der Waals surface area contributed by atoms with Gasteiger partial charge in [-0.1, -0.05) is 24.6 Å². The van der Waals surface area contributed by atoms with Gasteiger partial charge >= 0.3 is 5.97 Å². The van der Waals surface area contributed by atoms with Crippen molar-refractivity contribution in [2.24, 2.45) is 0 Å². The summed E-state index contributed by atoms with van der Waals surface area (Å²) in [5.74, 6) is -0.000353. The van der Waals surface area contributed by atoms with Gasteiger partial charge in [-0.15, -0.1) is 0 Å². The van der Waals surface area contributed by atoms with E-state index in [1.807, 2.05) is 32.0 Å². The Morgan fingerprint density at radius 1 is 1.44 bits per heavy atom. The highest BCUT2D eigenvalue weighted by atomic mass is 16.5. The summed E-state index contributed by atoms with van der Waals surface area (Å²) < 4.78 is 5.68. The van der Waals surface area contributed by atoms with Crippen LogP contribution in [0.5, 0.6) is 5.75 Å². The molecule has 18 heavy (non-hydrogen) atoms. The Bertz CT molecular complexity index is 447. The van der Waals surface area contributed by atoms with Crippen molar-refractivity contribution in [3.8, 4) is 5.75 Å². The van der Waals surface area contributed by atoms with Crippen molar-refractivity contribution in [3.05, 3.63) is 35.4 Å². The topological polar surface area (TPSA) is 46.5 Å². The molecule has 1 rings (SSSR count). The molecule has 0 aliphatic rings. The molecule has 3 heteroatoms. The molecule has 0 spiro atoms. The van der Waals surface area contributed by atoms with Crippen LogP contribution in [0.1, 0.15) is 37.8 Å². The number of aliphatic carboxylic acids is 1. The fraction of sp³-hybridized carbons (Fsp3) is 0.400. The van der Waals surface area contributed by atoms with Gasteiger partial charge in [-0.25, -0.2) is 0 Å². The Balaban J connectivity index is 3.00. The molecular weight excluding hydrogens is 228 g/mol. The largest absolute Gasteiger partial charge is 0.493 e. The lowest BCUT2D eigenvalue weighted by molar-refractivity contribution is -0.135. The van der Waals surface area contributed by atoms with Crippen molar-refractivity contribution >= 4 is 11.5 Å². The van der Waals surface area contributed by atoms with Gasteiger partial charge in [-0.05, 0) is 38.0 Å². The molecule has 0 heterocycles. The van der Waals surface area contributed by atoms with E-state index in [2.05, 4.69) is 6.92 Å². The molecule has 0 fully saturated rings. The maximum atomic E-state index is 10.6. The Morgan fingerprint density at radius 2 is 2.17 bits per heavy atom. The number of hydrogen-bond donors (Lipinski definition) is 1. The molecule has 0 aliphatic carbocycles. The molecule has 0 amide bonds. The number of hydrogen-bond acceptors (Lipinski definition) is 2. The van der Waals surface area contributed by atoms with Crippen molar-refractivity contribution in [2.75, 3.05) is 6.61 Å². The van der Waals surface area contributed by atoms with E-state index < -0.39 is 5.97 Å². The maximum Gasteiger partial charge on any atom is 0.307 e. The second kappa shape index (κ2) is 6.84. The lowest BCUT2D eigenvalue weighted by Crippen LogP contribution is -1.99. The fourth-order valence-electron chi connectivity index (χ4n) is 1.64. The second-order valence-corrected chi connectivity index (χ2v) is 4.33. The summed E-state index contributed by atoms with van der Waals surface area (Å²) in [5, 5.41) is 8.70. The lowest BCUT2D eigenvalue weighted by Gasteiger charge is -2.12. The monoisotopic (exact) mass is 248 g/mol. The van der Waals surface area contributed by atoms with Gasteiger partial charge in [-0.3, -0.25) is 4.79 Å². The van der Waals surface area contributed by atoms with E-state index in [4.69, 9.17) is 9.84 Å². The number of allylic oxidation sites excluding steroid dienone is 1. The van der Waals surface area contributed by atoms with Gasteiger partial charge in [0.15, 0.2) is 0 Å². The quantitative estimate of drug-likeness (QED) is 0.835. The zero-order valence-electron chi connectivity index (χ0n) is 11.2. The highest BCUT2D eigenvalue weighted by molar-refractivity contribution is 5.75. The normalized spacial score (nSPS) is 11.4. The van der Waals surface area contributed by atoms with Crippen molar-refractivity contribution in [1.82, 2.24) is 0 Å². The summed E-state index contributed by atoms with van der Waals surface area (Å²) in [6.07, 6.45) is 2.70.